The van der Waals surface area contributed by atoms with Crippen LogP contribution in [0.1, 0.15) is 336 Å². The van der Waals surface area contributed by atoms with E-state index in [1.165, 1.54) is 70.6 Å². The maximum absolute atomic E-state index is 13.1. The molecule has 0 aromatic rings. The number of aliphatic hydroxyl groups excluding tert-OH is 1. The van der Waals surface area contributed by atoms with Gasteiger partial charge in [0.05, 0.1) is 26.4 Å². The van der Waals surface area contributed by atoms with E-state index in [1.54, 1.807) is 0 Å². The number of esters is 4. The Labute approximate surface area is 595 Å². The smallest absolute Gasteiger partial charge is 0.462 e. The lowest BCUT2D eigenvalue weighted by atomic mass is 10.0. The van der Waals surface area contributed by atoms with Gasteiger partial charge in [0.2, 0.25) is 0 Å². The van der Waals surface area contributed by atoms with Crippen LogP contribution in [-0.2, 0) is 65.4 Å². The predicted molar refractivity (Wildman–Crippen MR) is 399 cm³/mol. The molecule has 98 heavy (non-hydrogen) atoms. The van der Waals surface area contributed by atoms with E-state index in [-0.39, 0.29) is 25.7 Å². The van der Waals surface area contributed by atoms with E-state index in [0.717, 1.165) is 186 Å². The van der Waals surface area contributed by atoms with Gasteiger partial charge in [-0.15, -0.1) is 0 Å². The van der Waals surface area contributed by atoms with E-state index in [4.69, 9.17) is 37.0 Å². The Morgan fingerprint density at radius 1 is 0.296 bits per heavy atom. The largest absolute Gasteiger partial charge is 0.472 e. The lowest BCUT2D eigenvalue weighted by Gasteiger charge is -2.21. The monoisotopic (exact) mass is 1420 g/mol. The first-order chi connectivity index (χ1) is 47.7. The number of allylic oxidation sites excluding steroid dienone is 14. The SMILES string of the molecule is CC/C=C\C/C=C\C/C=C\CCCCCCCCCC(=O)OCC(COP(=O)(O)OCC(O)COP(=O)(O)OCC(COC(=O)CCCCCCCCCCCCCCC)OC(=O)CCCCCCC/C=C\CCCC)OC(=O)CCCCCCCCC/C=C\C/C=C\C/C=C\CC. The normalized spacial score (nSPS) is 14.4. The molecule has 5 unspecified atom stereocenters. The summed E-state index contributed by atoms with van der Waals surface area (Å²) in [7, 11) is -9.94. The maximum Gasteiger partial charge on any atom is 0.472 e. The Kier molecular flexibility index (Phi) is 68.9. The summed E-state index contributed by atoms with van der Waals surface area (Å²) in [5.41, 5.74) is 0. The Bertz CT molecular complexity index is 2190. The number of rotatable bonds is 73. The molecular weight excluding hydrogens is 1280 g/mol. The highest BCUT2D eigenvalue weighted by atomic mass is 31.2. The minimum atomic E-state index is -4.98. The Balaban J connectivity index is 5.32. The van der Waals surface area contributed by atoms with E-state index in [2.05, 4.69) is 113 Å². The second-order valence-electron chi connectivity index (χ2n) is 25.9. The van der Waals surface area contributed by atoms with Crippen molar-refractivity contribution in [3.8, 4) is 0 Å². The summed E-state index contributed by atoms with van der Waals surface area (Å²) in [6.07, 6.45) is 72.8. The number of hydrogen-bond donors (Lipinski definition) is 3. The Hall–Kier alpha value is -3.76. The maximum atomic E-state index is 13.1. The molecule has 0 aliphatic heterocycles. The van der Waals surface area contributed by atoms with Gasteiger partial charge in [-0.05, 0) is 109 Å². The third kappa shape index (κ3) is 70.7. The summed E-state index contributed by atoms with van der Waals surface area (Å²) in [6, 6.07) is 0. The fourth-order valence-electron chi connectivity index (χ4n) is 10.5. The van der Waals surface area contributed by atoms with Crippen LogP contribution in [0.3, 0.4) is 0 Å². The Morgan fingerprint density at radius 2 is 0.541 bits per heavy atom. The molecule has 3 N–H and O–H groups in total. The first-order valence-corrected chi connectivity index (χ1v) is 41.8. The van der Waals surface area contributed by atoms with E-state index in [0.29, 0.717) is 25.7 Å². The van der Waals surface area contributed by atoms with Gasteiger partial charge >= 0.3 is 39.5 Å². The van der Waals surface area contributed by atoms with Crippen LogP contribution in [0.5, 0.6) is 0 Å². The highest BCUT2D eigenvalue weighted by molar-refractivity contribution is 7.47. The minimum Gasteiger partial charge on any atom is -0.462 e. The minimum absolute atomic E-state index is 0.0824. The molecule has 0 rings (SSSR count). The van der Waals surface area contributed by atoms with Crippen LogP contribution < -0.4 is 0 Å². The molecule has 0 bridgehead atoms. The summed E-state index contributed by atoms with van der Waals surface area (Å²) in [5, 5.41) is 10.6. The number of carbonyl (C=O) groups is 4. The van der Waals surface area contributed by atoms with Crippen LogP contribution in [0.15, 0.2) is 85.1 Å². The number of ether oxygens (including phenoxy) is 4. The molecular formula is C79H140O17P2. The average Bonchev–Trinajstić information content (AvgIpc) is 0.980. The molecule has 0 aromatic carbocycles. The highest BCUT2D eigenvalue weighted by Gasteiger charge is 2.30. The lowest BCUT2D eigenvalue weighted by molar-refractivity contribution is -0.161. The molecule has 0 radical (unpaired) electrons. The second kappa shape index (κ2) is 71.6. The molecule has 0 aliphatic carbocycles. The van der Waals surface area contributed by atoms with Crippen molar-refractivity contribution in [1.82, 2.24) is 0 Å². The molecule has 0 saturated heterocycles. The van der Waals surface area contributed by atoms with E-state index in [1.807, 2.05) is 0 Å². The van der Waals surface area contributed by atoms with Crippen LogP contribution in [0.25, 0.3) is 0 Å². The van der Waals surface area contributed by atoms with Crippen molar-refractivity contribution >= 4 is 39.5 Å². The number of phosphoric ester groups is 2. The molecule has 19 heteroatoms. The quantitative estimate of drug-likeness (QED) is 0.0169. The second-order valence-corrected chi connectivity index (χ2v) is 28.8. The summed E-state index contributed by atoms with van der Waals surface area (Å²) >= 11 is 0. The summed E-state index contributed by atoms with van der Waals surface area (Å²) in [5.74, 6) is -2.18. The Morgan fingerprint density at radius 3 is 0.857 bits per heavy atom. The van der Waals surface area contributed by atoms with Crippen molar-refractivity contribution in [1.29, 1.82) is 0 Å². The molecule has 0 amide bonds. The van der Waals surface area contributed by atoms with Gasteiger partial charge in [-0.2, -0.15) is 0 Å². The van der Waals surface area contributed by atoms with E-state index < -0.39 is 97.5 Å². The number of unbranched alkanes of at least 4 members (excludes halogenated alkanes) is 33. The summed E-state index contributed by atoms with van der Waals surface area (Å²) < 4.78 is 68.5. The third-order valence-electron chi connectivity index (χ3n) is 16.4. The van der Waals surface area contributed by atoms with Gasteiger partial charge in [0, 0.05) is 25.7 Å². The van der Waals surface area contributed by atoms with E-state index >= 15 is 0 Å². The molecule has 0 fully saturated rings. The van der Waals surface area contributed by atoms with Gasteiger partial charge in [0.25, 0.3) is 0 Å². The molecule has 0 aliphatic rings. The van der Waals surface area contributed by atoms with Crippen LogP contribution in [-0.4, -0.2) is 96.7 Å². The van der Waals surface area contributed by atoms with Crippen molar-refractivity contribution in [3.05, 3.63) is 85.1 Å². The topological polar surface area (TPSA) is 237 Å². The first-order valence-electron chi connectivity index (χ1n) is 38.8. The summed E-state index contributed by atoms with van der Waals surface area (Å²) in [6.45, 7) is 4.62. The number of hydrogen-bond acceptors (Lipinski definition) is 15. The van der Waals surface area contributed by atoms with Crippen LogP contribution in [0.4, 0.5) is 0 Å². The molecule has 17 nitrogen and oxygen atoms in total. The fraction of sp³-hybridized carbons (Fsp3) is 0.772. The van der Waals surface area contributed by atoms with Gasteiger partial charge in [-0.25, -0.2) is 9.13 Å². The van der Waals surface area contributed by atoms with Crippen molar-refractivity contribution in [3.63, 3.8) is 0 Å². The van der Waals surface area contributed by atoms with Gasteiger partial charge in [0.15, 0.2) is 12.2 Å². The predicted octanol–water partition coefficient (Wildman–Crippen LogP) is 22.2. The molecule has 0 saturated carbocycles. The third-order valence-corrected chi connectivity index (χ3v) is 18.3. The fourth-order valence-corrected chi connectivity index (χ4v) is 12.0. The first kappa shape index (κ1) is 94.2. The zero-order valence-electron chi connectivity index (χ0n) is 62.0. The zero-order valence-corrected chi connectivity index (χ0v) is 63.7. The van der Waals surface area contributed by atoms with Crippen LogP contribution in [0, 0.1) is 0 Å². The van der Waals surface area contributed by atoms with Gasteiger partial charge < -0.3 is 33.8 Å². The van der Waals surface area contributed by atoms with Crippen molar-refractivity contribution in [2.45, 2.75) is 354 Å². The molecule has 5 atom stereocenters. The summed E-state index contributed by atoms with van der Waals surface area (Å²) in [4.78, 5) is 72.8. The zero-order chi connectivity index (χ0) is 71.8. The van der Waals surface area contributed by atoms with Gasteiger partial charge in [-0.3, -0.25) is 37.3 Å². The molecule has 0 spiro atoms. The lowest BCUT2D eigenvalue weighted by Crippen LogP contribution is -2.30. The highest BCUT2D eigenvalue weighted by Crippen LogP contribution is 2.45. The number of phosphoric acid groups is 2. The average molecular weight is 1420 g/mol. The standard InChI is InChI=1S/C79H140O17P2/c1-5-9-13-17-21-25-29-32-34-36-38-41-45-48-52-56-60-64-77(82)90-70-75(96-79(84)66-62-58-54-50-46-42-39-37-35-33-30-26-22-18-14-10-6-2)72-94-98(87,88)92-68-73(80)67-91-97(85,86)93-71-74(95-78(83)65-61-57-53-49-43-28-24-20-16-12-8-4)69-89-76(81)63-59-55-51-47-44-40-31-27-23-19-15-11-7-3/h9-10,13-14,20-22,24-26,32-35,73-75,80H,5-8,11-12,15-19,23,27-31,36-72H2,1-4H3,(H,85,86)(H,87,88)/b13-9-,14-10-,24-20-,25-21-,26-22-,34-32-,35-33-. The number of carbonyl (C=O) groups excluding carboxylic acids is 4. The van der Waals surface area contributed by atoms with Crippen molar-refractivity contribution in [2.24, 2.45) is 0 Å². The van der Waals surface area contributed by atoms with Crippen molar-refractivity contribution in [2.75, 3.05) is 39.6 Å². The molecule has 0 aromatic heterocycles. The van der Waals surface area contributed by atoms with Crippen molar-refractivity contribution < 1.29 is 80.2 Å². The van der Waals surface area contributed by atoms with Crippen LogP contribution in [0.2, 0.25) is 0 Å². The van der Waals surface area contributed by atoms with Gasteiger partial charge in [-0.1, -0.05) is 286 Å². The molecule has 0 heterocycles. The van der Waals surface area contributed by atoms with Crippen LogP contribution >= 0.6 is 15.6 Å². The number of aliphatic hydroxyl groups is 1. The van der Waals surface area contributed by atoms with Gasteiger partial charge in [0.1, 0.15) is 19.3 Å². The van der Waals surface area contributed by atoms with E-state index in [9.17, 15) is 43.2 Å². The molecule has 568 valence electrons.